The maximum atomic E-state index is 13.7. The molecule has 0 aromatic heterocycles. The summed E-state index contributed by atoms with van der Waals surface area (Å²) >= 11 is 0. The number of hydrogen-bond acceptors (Lipinski definition) is 3. The summed E-state index contributed by atoms with van der Waals surface area (Å²) in [5, 5.41) is 6.02. The van der Waals surface area contributed by atoms with Gasteiger partial charge in [-0.15, -0.1) is 0 Å². The lowest BCUT2D eigenvalue weighted by atomic mass is 10.1. The number of benzene rings is 1. The van der Waals surface area contributed by atoms with E-state index in [0.717, 1.165) is 25.9 Å². The summed E-state index contributed by atoms with van der Waals surface area (Å²) in [6, 6.07) is 4.41. The van der Waals surface area contributed by atoms with Gasteiger partial charge >= 0.3 is 0 Å². The number of amides is 1. The predicted octanol–water partition coefficient (Wildman–Crippen LogP) is 1.32. The zero-order valence-corrected chi connectivity index (χ0v) is 10.3. The standard InChI is InChI=1S/C13H17FN2O2/c1-18-11-6-2-5-10(14)12(11)13(17)16-9-4-3-7-15-8-9/h2,5-6,9,15H,3-4,7-8H2,1H3,(H,16,17)/t9-/m1/s1. The Bertz CT molecular complexity index is 431. The van der Waals surface area contributed by atoms with Crippen LogP contribution in [0, 0.1) is 5.82 Å². The lowest BCUT2D eigenvalue weighted by molar-refractivity contribution is 0.0923. The van der Waals surface area contributed by atoms with Gasteiger partial charge in [0, 0.05) is 12.6 Å². The van der Waals surface area contributed by atoms with Crippen LogP contribution in [0.25, 0.3) is 0 Å². The average Bonchev–Trinajstić information content (AvgIpc) is 2.39. The van der Waals surface area contributed by atoms with Crippen LogP contribution in [0.5, 0.6) is 5.75 Å². The molecule has 2 rings (SSSR count). The van der Waals surface area contributed by atoms with Crippen molar-refractivity contribution in [1.29, 1.82) is 0 Å². The van der Waals surface area contributed by atoms with Crippen molar-refractivity contribution < 1.29 is 13.9 Å². The molecule has 1 aromatic rings. The SMILES string of the molecule is COc1cccc(F)c1C(=O)N[C@@H]1CCCNC1. The number of hydrogen-bond donors (Lipinski definition) is 2. The van der Waals surface area contributed by atoms with Crippen LogP contribution in [0.1, 0.15) is 23.2 Å². The Kier molecular flexibility index (Phi) is 4.15. The highest BCUT2D eigenvalue weighted by atomic mass is 19.1. The molecule has 1 atom stereocenters. The number of halogens is 1. The van der Waals surface area contributed by atoms with Gasteiger partial charge in [0.2, 0.25) is 0 Å². The largest absolute Gasteiger partial charge is 0.496 e. The summed E-state index contributed by atoms with van der Waals surface area (Å²) < 4.78 is 18.7. The lowest BCUT2D eigenvalue weighted by Gasteiger charge is -2.24. The van der Waals surface area contributed by atoms with Gasteiger partial charge in [-0.3, -0.25) is 4.79 Å². The zero-order valence-electron chi connectivity index (χ0n) is 10.3. The van der Waals surface area contributed by atoms with E-state index >= 15 is 0 Å². The Balaban J connectivity index is 2.12. The second kappa shape index (κ2) is 5.82. The molecule has 1 aliphatic heterocycles. The minimum atomic E-state index is -0.560. The second-order valence-electron chi connectivity index (χ2n) is 4.33. The third-order valence-corrected chi connectivity index (χ3v) is 3.05. The van der Waals surface area contributed by atoms with E-state index in [2.05, 4.69) is 10.6 Å². The maximum Gasteiger partial charge on any atom is 0.258 e. The van der Waals surface area contributed by atoms with E-state index in [1.807, 2.05) is 0 Å². The molecule has 2 N–H and O–H groups in total. The van der Waals surface area contributed by atoms with E-state index in [1.54, 1.807) is 6.07 Å². The van der Waals surface area contributed by atoms with Gasteiger partial charge in [0.15, 0.2) is 0 Å². The summed E-state index contributed by atoms with van der Waals surface area (Å²) in [5.41, 5.74) is -0.0226. The molecule has 4 nitrogen and oxygen atoms in total. The first-order valence-corrected chi connectivity index (χ1v) is 6.06. The minimum Gasteiger partial charge on any atom is -0.496 e. The number of piperidine rings is 1. The number of methoxy groups -OCH3 is 1. The van der Waals surface area contributed by atoms with Crippen molar-refractivity contribution in [2.75, 3.05) is 20.2 Å². The zero-order chi connectivity index (χ0) is 13.0. The summed E-state index contributed by atoms with van der Waals surface area (Å²) in [6.07, 6.45) is 1.93. The molecule has 0 bridgehead atoms. The summed E-state index contributed by atoms with van der Waals surface area (Å²) in [6.45, 7) is 1.69. The highest BCUT2D eigenvalue weighted by Gasteiger charge is 2.21. The molecule has 1 aromatic carbocycles. The first kappa shape index (κ1) is 12.8. The third kappa shape index (κ3) is 2.79. The monoisotopic (exact) mass is 252 g/mol. The van der Waals surface area contributed by atoms with Gasteiger partial charge in [-0.05, 0) is 31.5 Å². The molecule has 98 valence electrons. The molecule has 0 unspecified atom stereocenters. The molecule has 1 saturated heterocycles. The molecular formula is C13H17FN2O2. The fourth-order valence-electron chi connectivity index (χ4n) is 2.13. The first-order valence-electron chi connectivity index (χ1n) is 6.06. The van der Waals surface area contributed by atoms with Crippen LogP contribution >= 0.6 is 0 Å². The lowest BCUT2D eigenvalue weighted by Crippen LogP contribution is -2.45. The quantitative estimate of drug-likeness (QED) is 0.853. The van der Waals surface area contributed by atoms with Crippen LogP contribution in [0.15, 0.2) is 18.2 Å². The average molecular weight is 252 g/mol. The summed E-state index contributed by atoms with van der Waals surface area (Å²) in [7, 11) is 1.42. The summed E-state index contributed by atoms with van der Waals surface area (Å²) in [4.78, 5) is 12.1. The van der Waals surface area contributed by atoms with E-state index in [1.165, 1.54) is 19.2 Å². The van der Waals surface area contributed by atoms with Crippen LogP contribution in [-0.2, 0) is 0 Å². The number of carbonyl (C=O) groups is 1. The van der Waals surface area contributed by atoms with Crippen molar-refractivity contribution in [3.8, 4) is 5.75 Å². The van der Waals surface area contributed by atoms with Gasteiger partial charge in [-0.2, -0.15) is 0 Å². The highest BCUT2D eigenvalue weighted by Crippen LogP contribution is 2.21. The van der Waals surface area contributed by atoms with Crippen LogP contribution in [0.2, 0.25) is 0 Å². The minimum absolute atomic E-state index is 0.0226. The Morgan fingerprint density at radius 1 is 1.56 bits per heavy atom. The molecule has 0 radical (unpaired) electrons. The number of ether oxygens (including phenoxy) is 1. The fourth-order valence-corrected chi connectivity index (χ4v) is 2.13. The molecule has 5 heteroatoms. The van der Waals surface area contributed by atoms with E-state index in [9.17, 15) is 9.18 Å². The van der Waals surface area contributed by atoms with Gasteiger partial charge in [0.25, 0.3) is 5.91 Å². The fraction of sp³-hybridized carbons (Fsp3) is 0.462. The van der Waals surface area contributed by atoms with Crippen molar-refractivity contribution in [1.82, 2.24) is 10.6 Å². The van der Waals surface area contributed by atoms with Crippen molar-refractivity contribution in [2.24, 2.45) is 0 Å². The topological polar surface area (TPSA) is 50.4 Å². The first-order chi connectivity index (χ1) is 8.72. The van der Waals surface area contributed by atoms with Crippen molar-refractivity contribution >= 4 is 5.91 Å². The van der Waals surface area contributed by atoms with Crippen LogP contribution in [0.4, 0.5) is 4.39 Å². The third-order valence-electron chi connectivity index (χ3n) is 3.05. The highest BCUT2D eigenvalue weighted by molar-refractivity contribution is 5.97. The molecule has 18 heavy (non-hydrogen) atoms. The van der Waals surface area contributed by atoms with Gasteiger partial charge in [-0.25, -0.2) is 4.39 Å². The van der Waals surface area contributed by atoms with E-state index in [-0.39, 0.29) is 17.4 Å². The van der Waals surface area contributed by atoms with Crippen LogP contribution in [-0.4, -0.2) is 32.1 Å². The Labute approximate surface area is 106 Å². The van der Waals surface area contributed by atoms with E-state index in [0.29, 0.717) is 0 Å². The number of nitrogens with one attached hydrogen (secondary N) is 2. The molecule has 0 aliphatic carbocycles. The number of rotatable bonds is 3. The smallest absolute Gasteiger partial charge is 0.258 e. The van der Waals surface area contributed by atoms with Gasteiger partial charge in [0.1, 0.15) is 17.1 Å². The Morgan fingerprint density at radius 3 is 3.06 bits per heavy atom. The van der Waals surface area contributed by atoms with Crippen LogP contribution < -0.4 is 15.4 Å². The normalized spacial score (nSPS) is 19.3. The molecule has 0 spiro atoms. The van der Waals surface area contributed by atoms with Crippen molar-refractivity contribution in [2.45, 2.75) is 18.9 Å². The van der Waals surface area contributed by atoms with Crippen LogP contribution in [0.3, 0.4) is 0 Å². The van der Waals surface area contributed by atoms with Crippen molar-refractivity contribution in [3.05, 3.63) is 29.6 Å². The molecule has 1 aliphatic rings. The molecule has 1 fully saturated rings. The molecule has 1 heterocycles. The van der Waals surface area contributed by atoms with Crippen molar-refractivity contribution in [3.63, 3.8) is 0 Å². The molecule has 1 amide bonds. The predicted molar refractivity (Wildman–Crippen MR) is 66.3 cm³/mol. The Hall–Kier alpha value is -1.62. The second-order valence-corrected chi connectivity index (χ2v) is 4.33. The van der Waals surface area contributed by atoms with E-state index in [4.69, 9.17) is 4.74 Å². The maximum absolute atomic E-state index is 13.7. The van der Waals surface area contributed by atoms with Gasteiger partial charge < -0.3 is 15.4 Å². The number of carbonyl (C=O) groups excluding carboxylic acids is 1. The Morgan fingerprint density at radius 2 is 2.39 bits per heavy atom. The summed E-state index contributed by atoms with van der Waals surface area (Å²) in [5.74, 6) is -0.717. The van der Waals surface area contributed by atoms with E-state index < -0.39 is 11.7 Å². The molecule has 0 saturated carbocycles. The van der Waals surface area contributed by atoms with Gasteiger partial charge in [-0.1, -0.05) is 6.07 Å². The van der Waals surface area contributed by atoms with Gasteiger partial charge in [0.05, 0.1) is 7.11 Å². The molecular weight excluding hydrogens is 235 g/mol.